The second-order valence-electron chi connectivity index (χ2n) is 5.35. The van der Waals surface area contributed by atoms with Crippen molar-refractivity contribution in [3.05, 3.63) is 81.5 Å². The number of allylic oxidation sites excluding steroid dienone is 1. The Morgan fingerprint density at radius 1 is 1.04 bits per heavy atom. The summed E-state index contributed by atoms with van der Waals surface area (Å²) < 4.78 is 5.74. The SMILES string of the molecule is N#CC(=Cc1ccc(-c2ccc(C(=O)O)c(Cl)c2)o1)c1ccccc1Cl. The Morgan fingerprint density at radius 3 is 2.46 bits per heavy atom. The van der Waals surface area contributed by atoms with Gasteiger partial charge in [0.2, 0.25) is 0 Å². The molecule has 1 N–H and O–H groups in total. The number of halogens is 2. The predicted molar refractivity (Wildman–Crippen MR) is 101 cm³/mol. The highest BCUT2D eigenvalue weighted by Crippen LogP contribution is 2.30. The van der Waals surface area contributed by atoms with Crippen molar-refractivity contribution in [2.75, 3.05) is 0 Å². The molecule has 0 spiro atoms. The van der Waals surface area contributed by atoms with E-state index in [2.05, 4.69) is 6.07 Å². The number of nitrogens with zero attached hydrogens (tertiary/aromatic N) is 1. The average molecular weight is 384 g/mol. The van der Waals surface area contributed by atoms with Crippen LogP contribution < -0.4 is 0 Å². The molecule has 3 rings (SSSR count). The largest absolute Gasteiger partial charge is 0.478 e. The molecule has 6 heteroatoms. The molecule has 0 atom stereocenters. The number of carboxylic acids is 1. The molecule has 0 aliphatic heterocycles. The molecular weight excluding hydrogens is 373 g/mol. The summed E-state index contributed by atoms with van der Waals surface area (Å²) >= 11 is 12.1. The monoisotopic (exact) mass is 383 g/mol. The normalized spacial score (nSPS) is 11.2. The van der Waals surface area contributed by atoms with Crippen LogP contribution in [0.4, 0.5) is 0 Å². The molecule has 0 saturated heterocycles. The third-order valence-electron chi connectivity index (χ3n) is 3.68. The first-order chi connectivity index (χ1) is 12.5. The molecule has 1 aromatic heterocycles. The van der Waals surface area contributed by atoms with Crippen LogP contribution in [-0.4, -0.2) is 11.1 Å². The number of benzene rings is 2. The average Bonchev–Trinajstić information content (AvgIpc) is 3.08. The van der Waals surface area contributed by atoms with E-state index in [1.165, 1.54) is 12.1 Å². The lowest BCUT2D eigenvalue weighted by molar-refractivity contribution is 0.0697. The van der Waals surface area contributed by atoms with Gasteiger partial charge in [0.25, 0.3) is 0 Å². The fraction of sp³-hybridized carbons (Fsp3) is 0. The first kappa shape index (κ1) is 17.8. The minimum absolute atomic E-state index is 0.0209. The highest BCUT2D eigenvalue weighted by molar-refractivity contribution is 6.34. The molecule has 3 aromatic rings. The molecule has 0 bridgehead atoms. The van der Waals surface area contributed by atoms with E-state index >= 15 is 0 Å². The van der Waals surface area contributed by atoms with Crippen molar-refractivity contribution in [2.24, 2.45) is 0 Å². The quantitative estimate of drug-likeness (QED) is 0.559. The third kappa shape index (κ3) is 3.65. The molecule has 0 unspecified atom stereocenters. The first-order valence-electron chi connectivity index (χ1n) is 7.49. The predicted octanol–water partition coefficient (Wildman–Crippen LogP) is 6.02. The second kappa shape index (κ2) is 7.49. The third-order valence-corrected chi connectivity index (χ3v) is 4.32. The van der Waals surface area contributed by atoms with Crippen molar-refractivity contribution in [2.45, 2.75) is 0 Å². The number of carbonyl (C=O) groups is 1. The highest BCUT2D eigenvalue weighted by atomic mass is 35.5. The number of hydrogen-bond acceptors (Lipinski definition) is 3. The van der Waals surface area contributed by atoms with Crippen LogP contribution in [0.5, 0.6) is 0 Å². The van der Waals surface area contributed by atoms with Crippen LogP contribution in [0, 0.1) is 11.3 Å². The minimum atomic E-state index is -1.09. The number of aromatic carboxylic acids is 1. The summed E-state index contributed by atoms with van der Waals surface area (Å²) in [6.07, 6.45) is 1.60. The Kier molecular flexibility index (Phi) is 5.13. The van der Waals surface area contributed by atoms with Crippen LogP contribution in [0.25, 0.3) is 23.0 Å². The van der Waals surface area contributed by atoms with Crippen LogP contribution in [-0.2, 0) is 0 Å². The Bertz CT molecular complexity index is 1060. The van der Waals surface area contributed by atoms with Crippen LogP contribution in [0.3, 0.4) is 0 Å². The van der Waals surface area contributed by atoms with Gasteiger partial charge in [-0.2, -0.15) is 5.26 Å². The van der Waals surface area contributed by atoms with Gasteiger partial charge < -0.3 is 9.52 Å². The van der Waals surface area contributed by atoms with Crippen molar-refractivity contribution in [1.82, 2.24) is 0 Å². The van der Waals surface area contributed by atoms with Crippen molar-refractivity contribution in [1.29, 1.82) is 5.26 Å². The summed E-state index contributed by atoms with van der Waals surface area (Å²) in [6.45, 7) is 0. The van der Waals surface area contributed by atoms with Gasteiger partial charge in [-0.05, 0) is 36.4 Å². The Morgan fingerprint density at radius 2 is 1.81 bits per heavy atom. The number of nitriles is 1. The number of hydrogen-bond donors (Lipinski definition) is 1. The van der Waals surface area contributed by atoms with Gasteiger partial charge in [0.05, 0.1) is 22.2 Å². The van der Waals surface area contributed by atoms with E-state index in [0.29, 0.717) is 33.2 Å². The van der Waals surface area contributed by atoms with Gasteiger partial charge in [0, 0.05) is 16.1 Å². The van der Waals surface area contributed by atoms with Crippen molar-refractivity contribution in [3.63, 3.8) is 0 Å². The Balaban J connectivity index is 1.95. The summed E-state index contributed by atoms with van der Waals surface area (Å²) in [5, 5.41) is 19.0. The van der Waals surface area contributed by atoms with Gasteiger partial charge in [0.15, 0.2) is 0 Å². The van der Waals surface area contributed by atoms with E-state index in [-0.39, 0.29) is 10.6 Å². The van der Waals surface area contributed by atoms with Crippen LogP contribution in [0.15, 0.2) is 59.0 Å². The lowest BCUT2D eigenvalue weighted by Gasteiger charge is -2.02. The number of carboxylic acid groups (broad SMARTS) is 1. The lowest BCUT2D eigenvalue weighted by atomic mass is 10.1. The molecule has 4 nitrogen and oxygen atoms in total. The van der Waals surface area contributed by atoms with Crippen molar-refractivity contribution in [3.8, 4) is 17.4 Å². The van der Waals surface area contributed by atoms with E-state index in [9.17, 15) is 10.1 Å². The molecule has 0 amide bonds. The zero-order chi connectivity index (χ0) is 18.7. The Hall–Kier alpha value is -3.00. The Labute approximate surface area is 159 Å². The maximum atomic E-state index is 11.0. The van der Waals surface area contributed by atoms with Gasteiger partial charge in [-0.15, -0.1) is 0 Å². The van der Waals surface area contributed by atoms with E-state index < -0.39 is 5.97 Å². The molecule has 128 valence electrons. The number of furan rings is 1. The van der Waals surface area contributed by atoms with E-state index in [1.807, 2.05) is 0 Å². The first-order valence-corrected chi connectivity index (χ1v) is 8.25. The lowest BCUT2D eigenvalue weighted by Crippen LogP contribution is -1.96. The van der Waals surface area contributed by atoms with Gasteiger partial charge >= 0.3 is 5.97 Å². The van der Waals surface area contributed by atoms with E-state index in [0.717, 1.165) is 0 Å². The molecule has 0 radical (unpaired) electrons. The fourth-order valence-electron chi connectivity index (χ4n) is 2.42. The summed E-state index contributed by atoms with van der Waals surface area (Å²) in [5.41, 5.74) is 1.64. The fourth-order valence-corrected chi connectivity index (χ4v) is 2.92. The zero-order valence-electron chi connectivity index (χ0n) is 13.2. The zero-order valence-corrected chi connectivity index (χ0v) is 14.8. The molecule has 0 fully saturated rings. The molecular formula is C20H11Cl2NO3. The van der Waals surface area contributed by atoms with Gasteiger partial charge in [-0.1, -0.05) is 47.5 Å². The minimum Gasteiger partial charge on any atom is -0.478 e. The maximum absolute atomic E-state index is 11.0. The van der Waals surface area contributed by atoms with Crippen LogP contribution in [0.2, 0.25) is 10.0 Å². The smallest absolute Gasteiger partial charge is 0.337 e. The molecule has 1 heterocycles. The molecule has 2 aromatic carbocycles. The van der Waals surface area contributed by atoms with Gasteiger partial charge in [-0.25, -0.2) is 4.79 Å². The van der Waals surface area contributed by atoms with Crippen LogP contribution in [0.1, 0.15) is 21.7 Å². The van der Waals surface area contributed by atoms with Gasteiger partial charge in [-0.3, -0.25) is 0 Å². The summed E-state index contributed by atoms with van der Waals surface area (Å²) in [6, 6.07) is 17.2. The topological polar surface area (TPSA) is 74.2 Å². The molecule has 0 aliphatic rings. The van der Waals surface area contributed by atoms with E-state index in [1.54, 1.807) is 48.5 Å². The maximum Gasteiger partial charge on any atom is 0.337 e. The standard InChI is InChI=1S/C20H11Cl2NO3/c21-17-4-2-1-3-15(17)13(11-23)9-14-6-8-19(26-14)12-5-7-16(20(24)25)18(22)10-12/h1-10H,(H,24,25). The highest BCUT2D eigenvalue weighted by Gasteiger charge is 2.12. The summed E-state index contributed by atoms with van der Waals surface area (Å²) in [7, 11) is 0. The molecule has 0 saturated carbocycles. The van der Waals surface area contributed by atoms with E-state index in [4.69, 9.17) is 32.7 Å². The summed E-state index contributed by atoms with van der Waals surface area (Å²) in [4.78, 5) is 11.0. The molecule has 26 heavy (non-hydrogen) atoms. The van der Waals surface area contributed by atoms with Crippen molar-refractivity contribution >= 4 is 40.8 Å². The molecule has 0 aliphatic carbocycles. The summed E-state index contributed by atoms with van der Waals surface area (Å²) in [5.74, 6) is -0.121. The number of rotatable bonds is 4. The van der Waals surface area contributed by atoms with Crippen molar-refractivity contribution < 1.29 is 14.3 Å². The van der Waals surface area contributed by atoms with Gasteiger partial charge in [0.1, 0.15) is 11.5 Å². The van der Waals surface area contributed by atoms with Crippen LogP contribution >= 0.6 is 23.2 Å². The second-order valence-corrected chi connectivity index (χ2v) is 6.17.